The van der Waals surface area contributed by atoms with Crippen molar-refractivity contribution in [2.24, 2.45) is 10.1 Å². The summed E-state index contributed by atoms with van der Waals surface area (Å²) in [6.07, 6.45) is 7.05. The predicted octanol–water partition coefficient (Wildman–Crippen LogP) is 6.36. The van der Waals surface area contributed by atoms with Crippen LogP contribution in [0.25, 0.3) is 11.3 Å². The van der Waals surface area contributed by atoms with E-state index in [1.165, 1.54) is 42.9 Å². The van der Waals surface area contributed by atoms with Crippen LogP contribution in [0.4, 0.5) is 5.69 Å². The van der Waals surface area contributed by atoms with Crippen LogP contribution in [0.3, 0.4) is 0 Å². The van der Waals surface area contributed by atoms with Gasteiger partial charge in [0.15, 0.2) is 0 Å². The van der Waals surface area contributed by atoms with Crippen molar-refractivity contribution in [3.63, 3.8) is 0 Å². The average Bonchev–Trinajstić information content (AvgIpc) is 3.17. The van der Waals surface area contributed by atoms with E-state index in [1.807, 2.05) is 29.6 Å². The van der Waals surface area contributed by atoms with Gasteiger partial charge in [0.05, 0.1) is 22.9 Å². The third-order valence-electron chi connectivity index (χ3n) is 5.30. The highest BCUT2D eigenvalue weighted by Gasteiger charge is 2.19. The Balaban J connectivity index is 1.83. The molecule has 1 aliphatic rings. The molecule has 1 heterocycles. The predicted molar refractivity (Wildman–Crippen MR) is 131 cm³/mol. The van der Waals surface area contributed by atoms with Gasteiger partial charge in [0, 0.05) is 32.1 Å². The molecule has 0 unspecified atom stereocenters. The van der Waals surface area contributed by atoms with Crippen LogP contribution in [0.1, 0.15) is 37.7 Å². The minimum atomic E-state index is -0.674. The Hall–Kier alpha value is -2.49. The van der Waals surface area contributed by atoms with Crippen molar-refractivity contribution in [1.29, 1.82) is 0 Å². The largest absolute Gasteiger partial charge is 0.502 e. The van der Waals surface area contributed by atoms with Crippen molar-refractivity contribution in [1.82, 2.24) is 4.68 Å². The van der Waals surface area contributed by atoms with Crippen LogP contribution in [-0.2, 0) is 0 Å². The Bertz CT molecular complexity index is 1250. The van der Waals surface area contributed by atoms with Gasteiger partial charge in [-0.25, -0.2) is 4.68 Å². The normalized spacial score (nSPS) is 15.5. The van der Waals surface area contributed by atoms with Crippen molar-refractivity contribution in [2.75, 3.05) is 0 Å². The minimum absolute atomic E-state index is 0.143. The Kier molecular flexibility index (Phi) is 7.07. The number of thiazole rings is 1. The molecule has 10 heteroatoms. The van der Waals surface area contributed by atoms with E-state index in [0.717, 1.165) is 39.4 Å². The molecule has 0 amide bonds. The monoisotopic (exact) mass is 534 g/mol. The highest BCUT2D eigenvalue weighted by atomic mass is 79.9. The molecule has 0 saturated heterocycles. The van der Waals surface area contributed by atoms with E-state index < -0.39 is 16.4 Å². The maximum absolute atomic E-state index is 11.2. The molecule has 1 fully saturated rings. The first-order valence-corrected chi connectivity index (χ1v) is 12.2. The summed E-state index contributed by atoms with van der Waals surface area (Å²) >= 11 is 11.1. The molecular weight excluding hydrogens is 516 g/mol. The smallest absolute Gasteiger partial charge is 0.312 e. The number of halogens is 2. The SMILES string of the molecule is O=[N+]([O-])c1cc(Cl)cc(C=Nn2c(-c3ccccc3Br)csc2=NC2CCCCC2)c1O. The third kappa shape index (κ3) is 4.95. The zero-order valence-corrected chi connectivity index (χ0v) is 20.1. The summed E-state index contributed by atoms with van der Waals surface area (Å²) in [5.41, 5.74) is 1.45. The molecule has 0 bridgehead atoms. The van der Waals surface area contributed by atoms with Gasteiger partial charge < -0.3 is 5.11 Å². The quantitative estimate of drug-likeness (QED) is 0.234. The summed E-state index contributed by atoms with van der Waals surface area (Å²) < 4.78 is 2.62. The number of nitrogens with zero attached hydrogens (tertiary/aromatic N) is 4. The lowest BCUT2D eigenvalue weighted by Crippen LogP contribution is -2.19. The van der Waals surface area contributed by atoms with E-state index in [-0.39, 0.29) is 16.6 Å². The number of benzene rings is 2. The Morgan fingerprint density at radius 3 is 2.72 bits per heavy atom. The van der Waals surface area contributed by atoms with E-state index >= 15 is 0 Å². The highest BCUT2D eigenvalue weighted by Crippen LogP contribution is 2.33. The van der Waals surface area contributed by atoms with Crippen LogP contribution in [0, 0.1) is 10.1 Å². The van der Waals surface area contributed by atoms with E-state index in [0.29, 0.717) is 0 Å². The number of aromatic nitrogens is 1. The number of nitro benzene ring substituents is 1. The lowest BCUT2D eigenvalue weighted by Gasteiger charge is -2.16. The lowest BCUT2D eigenvalue weighted by molar-refractivity contribution is -0.385. The fourth-order valence-electron chi connectivity index (χ4n) is 3.68. The van der Waals surface area contributed by atoms with Gasteiger partial charge >= 0.3 is 5.69 Å². The lowest BCUT2D eigenvalue weighted by atomic mass is 9.96. The van der Waals surface area contributed by atoms with E-state index in [1.54, 1.807) is 4.68 Å². The molecule has 166 valence electrons. The van der Waals surface area contributed by atoms with Gasteiger partial charge in [-0.3, -0.25) is 15.1 Å². The standard InChI is InChI=1S/C22H20BrClN4O3S/c23-18-9-5-4-8-17(18)20-13-32-22(26-16-6-2-1-3-7-16)27(20)25-12-14-10-15(24)11-19(21(14)29)28(30)31/h4-5,8-13,16,29H,1-3,6-7H2. The van der Waals surface area contributed by atoms with Crippen molar-refractivity contribution >= 4 is 50.8 Å². The van der Waals surface area contributed by atoms with Crippen molar-refractivity contribution in [2.45, 2.75) is 38.1 Å². The fourth-order valence-corrected chi connectivity index (χ4v) is 5.29. The van der Waals surface area contributed by atoms with Crippen LogP contribution in [0.15, 0.2) is 56.3 Å². The van der Waals surface area contributed by atoms with Gasteiger partial charge in [-0.15, -0.1) is 11.3 Å². The second-order valence-corrected chi connectivity index (χ2v) is 9.61. The molecule has 2 aromatic carbocycles. The number of nitro groups is 1. The van der Waals surface area contributed by atoms with E-state index in [2.05, 4.69) is 21.0 Å². The molecule has 0 aliphatic heterocycles. The maximum Gasteiger partial charge on any atom is 0.312 e. The number of phenols is 1. The summed E-state index contributed by atoms with van der Waals surface area (Å²) in [5, 5.41) is 28.3. The summed E-state index contributed by atoms with van der Waals surface area (Å²) in [5.74, 6) is -0.479. The average molecular weight is 536 g/mol. The van der Waals surface area contributed by atoms with Crippen LogP contribution < -0.4 is 4.80 Å². The van der Waals surface area contributed by atoms with Gasteiger partial charge in [0.1, 0.15) is 0 Å². The number of phenolic OH excluding ortho intramolecular Hbond substituents is 1. The van der Waals surface area contributed by atoms with Crippen LogP contribution >= 0.6 is 38.9 Å². The van der Waals surface area contributed by atoms with Gasteiger partial charge in [-0.1, -0.05) is 65.0 Å². The maximum atomic E-state index is 11.2. The molecular formula is C22H20BrClN4O3S. The molecule has 1 aliphatic carbocycles. The summed E-state index contributed by atoms with van der Waals surface area (Å²) in [4.78, 5) is 16.2. The summed E-state index contributed by atoms with van der Waals surface area (Å²) in [6, 6.07) is 10.6. The first-order valence-electron chi connectivity index (χ1n) is 10.1. The molecule has 7 nitrogen and oxygen atoms in total. The molecule has 32 heavy (non-hydrogen) atoms. The van der Waals surface area contributed by atoms with Crippen LogP contribution in [0.2, 0.25) is 5.02 Å². The Morgan fingerprint density at radius 2 is 2.00 bits per heavy atom. The topological polar surface area (TPSA) is 93.0 Å². The van der Waals surface area contributed by atoms with E-state index in [4.69, 9.17) is 16.6 Å². The van der Waals surface area contributed by atoms with Gasteiger partial charge in [0.25, 0.3) is 0 Å². The number of rotatable bonds is 5. The van der Waals surface area contributed by atoms with Crippen molar-refractivity contribution in [3.8, 4) is 17.0 Å². The molecule has 1 aromatic heterocycles. The van der Waals surface area contributed by atoms with E-state index in [9.17, 15) is 15.2 Å². The van der Waals surface area contributed by atoms with Crippen LogP contribution in [-0.4, -0.2) is 27.0 Å². The Labute approximate surface area is 202 Å². The van der Waals surface area contributed by atoms with Crippen molar-refractivity contribution < 1.29 is 10.0 Å². The molecule has 0 spiro atoms. The number of hydrogen-bond donors (Lipinski definition) is 1. The first-order chi connectivity index (χ1) is 15.4. The Morgan fingerprint density at radius 1 is 1.25 bits per heavy atom. The third-order valence-corrected chi connectivity index (χ3v) is 7.04. The number of aromatic hydroxyl groups is 1. The minimum Gasteiger partial charge on any atom is -0.502 e. The molecule has 3 aromatic rings. The van der Waals surface area contributed by atoms with Crippen LogP contribution in [0.5, 0.6) is 5.75 Å². The van der Waals surface area contributed by atoms with Crippen molar-refractivity contribution in [3.05, 3.63) is 71.8 Å². The molecule has 1 N–H and O–H groups in total. The zero-order chi connectivity index (χ0) is 22.7. The second-order valence-electron chi connectivity index (χ2n) is 7.48. The molecule has 0 radical (unpaired) electrons. The molecule has 1 saturated carbocycles. The highest BCUT2D eigenvalue weighted by molar-refractivity contribution is 9.10. The molecule has 4 rings (SSSR count). The zero-order valence-electron chi connectivity index (χ0n) is 16.9. The first kappa shape index (κ1) is 22.7. The van der Waals surface area contributed by atoms with Gasteiger partial charge in [0.2, 0.25) is 10.6 Å². The van der Waals surface area contributed by atoms with Gasteiger partial charge in [-0.2, -0.15) is 5.10 Å². The van der Waals surface area contributed by atoms with Gasteiger partial charge in [-0.05, 0) is 25.0 Å². The molecule has 0 atom stereocenters. The summed E-state index contributed by atoms with van der Waals surface area (Å²) in [7, 11) is 0. The number of hydrogen-bond acceptors (Lipinski definition) is 6. The fraction of sp³-hybridized carbons (Fsp3) is 0.273. The second kappa shape index (κ2) is 9.97. The summed E-state index contributed by atoms with van der Waals surface area (Å²) in [6.45, 7) is 0.